The van der Waals surface area contributed by atoms with Crippen molar-refractivity contribution < 1.29 is 23.9 Å². The van der Waals surface area contributed by atoms with E-state index in [4.69, 9.17) is 14.2 Å². The zero-order chi connectivity index (χ0) is 14.6. The van der Waals surface area contributed by atoms with Crippen LogP contribution in [-0.2, 0) is 4.79 Å². The molecule has 0 aliphatic heterocycles. The SMILES string of the molecule is COc1cc(OC)c([N+](=O)[O-])c(OC)c1N(C)C=O. The summed E-state index contributed by atoms with van der Waals surface area (Å²) in [6.45, 7) is 0. The molecular formula is C11H14N2O6. The van der Waals surface area contributed by atoms with Gasteiger partial charge in [0.15, 0.2) is 5.75 Å². The van der Waals surface area contributed by atoms with Crippen molar-refractivity contribution in [3.63, 3.8) is 0 Å². The van der Waals surface area contributed by atoms with E-state index in [0.717, 1.165) is 4.90 Å². The summed E-state index contributed by atoms with van der Waals surface area (Å²) in [7, 11) is 5.37. The number of hydrogen-bond donors (Lipinski definition) is 0. The summed E-state index contributed by atoms with van der Waals surface area (Å²) >= 11 is 0. The van der Waals surface area contributed by atoms with Gasteiger partial charge in [-0.25, -0.2) is 0 Å². The fraction of sp³-hybridized carbons (Fsp3) is 0.364. The van der Waals surface area contributed by atoms with Gasteiger partial charge in [-0.05, 0) is 0 Å². The van der Waals surface area contributed by atoms with E-state index in [9.17, 15) is 14.9 Å². The lowest BCUT2D eigenvalue weighted by Gasteiger charge is -2.19. The van der Waals surface area contributed by atoms with Crippen molar-refractivity contribution in [1.29, 1.82) is 0 Å². The van der Waals surface area contributed by atoms with E-state index in [-0.39, 0.29) is 28.6 Å². The standard InChI is InChI=1S/C11H14N2O6/c1-12(6-14)9-7(17-2)5-8(18-3)10(13(15)16)11(9)19-4/h5-6H,1-4H3. The van der Waals surface area contributed by atoms with Gasteiger partial charge in [0, 0.05) is 13.1 Å². The highest BCUT2D eigenvalue weighted by atomic mass is 16.6. The van der Waals surface area contributed by atoms with Crippen LogP contribution in [0.4, 0.5) is 11.4 Å². The van der Waals surface area contributed by atoms with Gasteiger partial charge in [0.2, 0.25) is 17.9 Å². The van der Waals surface area contributed by atoms with Crippen LogP contribution in [0, 0.1) is 10.1 Å². The van der Waals surface area contributed by atoms with Gasteiger partial charge in [0.25, 0.3) is 0 Å². The van der Waals surface area contributed by atoms with Crippen LogP contribution >= 0.6 is 0 Å². The second-order valence-corrected chi connectivity index (χ2v) is 3.48. The summed E-state index contributed by atoms with van der Waals surface area (Å²) in [5.74, 6) is 0.117. The van der Waals surface area contributed by atoms with Crippen molar-refractivity contribution in [2.24, 2.45) is 0 Å². The average Bonchev–Trinajstić information content (AvgIpc) is 2.43. The summed E-state index contributed by atoms with van der Waals surface area (Å²) in [6.07, 6.45) is 0.497. The first kappa shape index (κ1) is 14.6. The Morgan fingerprint density at radius 2 is 1.79 bits per heavy atom. The molecule has 0 saturated carbocycles. The molecule has 1 rings (SSSR count). The Morgan fingerprint density at radius 3 is 2.16 bits per heavy atom. The number of hydrogen-bond acceptors (Lipinski definition) is 6. The van der Waals surface area contributed by atoms with Crippen molar-refractivity contribution >= 4 is 17.8 Å². The number of nitrogens with zero attached hydrogens (tertiary/aromatic N) is 2. The van der Waals surface area contributed by atoms with Gasteiger partial charge in [-0.1, -0.05) is 0 Å². The van der Waals surface area contributed by atoms with Crippen molar-refractivity contribution in [2.45, 2.75) is 0 Å². The maximum Gasteiger partial charge on any atom is 0.354 e. The Kier molecular flexibility index (Phi) is 4.51. The molecule has 8 nitrogen and oxygen atoms in total. The molecular weight excluding hydrogens is 256 g/mol. The van der Waals surface area contributed by atoms with E-state index in [1.165, 1.54) is 34.4 Å². The lowest BCUT2D eigenvalue weighted by atomic mass is 10.2. The number of ether oxygens (including phenoxy) is 3. The molecule has 0 unspecified atom stereocenters. The number of rotatable bonds is 6. The normalized spacial score (nSPS) is 9.68. The lowest BCUT2D eigenvalue weighted by Crippen LogP contribution is -2.16. The molecule has 1 aromatic rings. The Labute approximate surface area is 109 Å². The van der Waals surface area contributed by atoms with E-state index in [0.29, 0.717) is 6.41 Å². The quantitative estimate of drug-likeness (QED) is 0.438. The van der Waals surface area contributed by atoms with E-state index < -0.39 is 4.92 Å². The van der Waals surface area contributed by atoms with E-state index in [2.05, 4.69) is 0 Å². The molecule has 0 radical (unpaired) electrons. The molecule has 0 atom stereocenters. The topological polar surface area (TPSA) is 91.1 Å². The average molecular weight is 270 g/mol. The number of nitro groups is 1. The maximum absolute atomic E-state index is 11.1. The van der Waals surface area contributed by atoms with Crippen molar-refractivity contribution in [3.8, 4) is 17.2 Å². The monoisotopic (exact) mass is 270 g/mol. The molecule has 104 valence electrons. The minimum atomic E-state index is -0.640. The van der Waals surface area contributed by atoms with Gasteiger partial charge in [-0.2, -0.15) is 0 Å². The number of benzene rings is 1. The Morgan fingerprint density at radius 1 is 1.21 bits per heavy atom. The number of methoxy groups -OCH3 is 3. The van der Waals surface area contributed by atoms with E-state index >= 15 is 0 Å². The van der Waals surface area contributed by atoms with E-state index in [1.54, 1.807) is 0 Å². The number of nitro benzene ring substituents is 1. The fourth-order valence-electron chi connectivity index (χ4n) is 1.66. The minimum absolute atomic E-state index is 0.0123. The van der Waals surface area contributed by atoms with Crippen LogP contribution in [0.5, 0.6) is 17.2 Å². The van der Waals surface area contributed by atoms with Crippen LogP contribution in [0.25, 0.3) is 0 Å². The van der Waals surface area contributed by atoms with Crippen LogP contribution in [0.15, 0.2) is 6.07 Å². The highest BCUT2D eigenvalue weighted by Gasteiger charge is 2.30. The highest BCUT2D eigenvalue weighted by Crippen LogP contribution is 2.49. The number of carbonyl (C=O) groups excluding carboxylic acids is 1. The van der Waals surface area contributed by atoms with Gasteiger partial charge < -0.3 is 19.1 Å². The smallest absolute Gasteiger partial charge is 0.354 e. The third-order valence-corrected chi connectivity index (χ3v) is 2.50. The number of anilines is 1. The Bertz CT molecular complexity index is 502. The molecule has 0 aliphatic carbocycles. The van der Waals surface area contributed by atoms with Gasteiger partial charge in [-0.15, -0.1) is 0 Å². The second-order valence-electron chi connectivity index (χ2n) is 3.48. The van der Waals surface area contributed by atoms with Crippen LogP contribution in [0.2, 0.25) is 0 Å². The minimum Gasteiger partial charge on any atom is -0.494 e. The lowest BCUT2D eigenvalue weighted by molar-refractivity contribution is -0.386. The van der Waals surface area contributed by atoms with Gasteiger partial charge in [0.05, 0.1) is 26.3 Å². The zero-order valence-corrected chi connectivity index (χ0v) is 11.0. The Hall–Kier alpha value is -2.51. The third-order valence-electron chi connectivity index (χ3n) is 2.50. The highest BCUT2D eigenvalue weighted by molar-refractivity contribution is 5.87. The molecule has 0 saturated heterocycles. The van der Waals surface area contributed by atoms with Crippen molar-refractivity contribution in [3.05, 3.63) is 16.2 Å². The van der Waals surface area contributed by atoms with Crippen LogP contribution < -0.4 is 19.1 Å². The van der Waals surface area contributed by atoms with Crippen molar-refractivity contribution in [2.75, 3.05) is 33.3 Å². The first-order valence-corrected chi connectivity index (χ1v) is 5.17. The Balaban J connectivity index is 3.73. The number of carbonyl (C=O) groups is 1. The molecule has 0 spiro atoms. The second kappa shape index (κ2) is 5.89. The molecule has 1 amide bonds. The molecule has 8 heteroatoms. The third kappa shape index (κ3) is 2.51. The summed E-state index contributed by atoms with van der Waals surface area (Å²) in [5.41, 5.74) is -0.206. The summed E-state index contributed by atoms with van der Waals surface area (Å²) in [6, 6.07) is 1.33. The molecule has 0 aliphatic rings. The van der Waals surface area contributed by atoms with Crippen LogP contribution in [0.3, 0.4) is 0 Å². The summed E-state index contributed by atoms with van der Waals surface area (Å²) < 4.78 is 15.1. The largest absolute Gasteiger partial charge is 0.494 e. The molecule has 0 aromatic heterocycles. The van der Waals surface area contributed by atoms with Crippen molar-refractivity contribution in [1.82, 2.24) is 0 Å². The van der Waals surface area contributed by atoms with Gasteiger partial charge in [0.1, 0.15) is 5.69 Å². The number of amides is 1. The molecule has 19 heavy (non-hydrogen) atoms. The molecule has 0 fully saturated rings. The first-order chi connectivity index (χ1) is 9.01. The maximum atomic E-state index is 11.1. The van der Waals surface area contributed by atoms with Gasteiger partial charge >= 0.3 is 5.69 Å². The molecule has 0 N–H and O–H groups in total. The fourth-order valence-corrected chi connectivity index (χ4v) is 1.66. The van der Waals surface area contributed by atoms with Crippen LogP contribution in [0.1, 0.15) is 0 Å². The predicted molar refractivity (Wildman–Crippen MR) is 67.2 cm³/mol. The molecule has 1 aromatic carbocycles. The molecule has 0 bridgehead atoms. The zero-order valence-electron chi connectivity index (χ0n) is 11.0. The summed E-state index contributed by atoms with van der Waals surface area (Å²) in [5, 5.41) is 11.1. The molecule has 0 heterocycles. The van der Waals surface area contributed by atoms with Crippen LogP contribution in [-0.4, -0.2) is 39.7 Å². The first-order valence-electron chi connectivity index (χ1n) is 5.17. The predicted octanol–water partition coefficient (Wildman–Crippen LogP) is 1.21. The van der Waals surface area contributed by atoms with Gasteiger partial charge in [-0.3, -0.25) is 14.9 Å². The summed E-state index contributed by atoms with van der Waals surface area (Å²) in [4.78, 5) is 22.5. The van der Waals surface area contributed by atoms with E-state index in [1.807, 2.05) is 0 Å².